The van der Waals surface area contributed by atoms with Gasteiger partial charge in [-0.15, -0.1) is 0 Å². The highest BCUT2D eigenvalue weighted by Crippen LogP contribution is 2.18. The number of hydrogen-bond acceptors (Lipinski definition) is 2. The number of nitrogens with zero attached hydrogens (tertiary/aromatic N) is 1. The topological polar surface area (TPSA) is 15.3 Å². The van der Waals surface area contributed by atoms with E-state index in [9.17, 15) is 0 Å². The molecule has 2 nitrogen and oxygen atoms in total. The maximum absolute atomic E-state index is 3.41. The Morgan fingerprint density at radius 2 is 1.60 bits per heavy atom. The zero-order chi connectivity index (χ0) is 10.9. The van der Waals surface area contributed by atoms with Crippen LogP contribution >= 0.6 is 0 Å². The molecule has 0 amide bonds. The van der Waals surface area contributed by atoms with E-state index < -0.39 is 0 Å². The van der Waals surface area contributed by atoms with Crippen molar-refractivity contribution in [2.24, 2.45) is 5.92 Å². The summed E-state index contributed by atoms with van der Waals surface area (Å²) >= 11 is 0. The van der Waals surface area contributed by atoms with Gasteiger partial charge in [-0.05, 0) is 18.9 Å². The Hall–Kier alpha value is -0.0800. The third-order valence-electron chi connectivity index (χ3n) is 3.46. The average molecular weight is 212 g/mol. The molecule has 0 bridgehead atoms. The quantitative estimate of drug-likeness (QED) is 0.697. The van der Waals surface area contributed by atoms with Gasteiger partial charge in [-0.25, -0.2) is 0 Å². The molecule has 1 saturated heterocycles. The van der Waals surface area contributed by atoms with Crippen molar-refractivity contribution in [3.63, 3.8) is 0 Å². The Morgan fingerprint density at radius 3 is 2.13 bits per heavy atom. The van der Waals surface area contributed by atoms with Crippen LogP contribution in [0.1, 0.15) is 46.0 Å². The maximum atomic E-state index is 3.41. The van der Waals surface area contributed by atoms with Crippen LogP contribution in [0.15, 0.2) is 0 Å². The Labute approximate surface area is 95.4 Å². The van der Waals surface area contributed by atoms with Gasteiger partial charge in [0, 0.05) is 26.2 Å². The molecule has 0 saturated carbocycles. The summed E-state index contributed by atoms with van der Waals surface area (Å²) in [4.78, 5) is 2.62. The molecule has 1 heterocycles. The highest BCUT2D eigenvalue weighted by atomic mass is 15.2. The molecule has 0 unspecified atom stereocenters. The van der Waals surface area contributed by atoms with Crippen molar-refractivity contribution in [3.8, 4) is 0 Å². The van der Waals surface area contributed by atoms with E-state index in [0.29, 0.717) is 0 Å². The summed E-state index contributed by atoms with van der Waals surface area (Å²) in [5, 5.41) is 3.41. The smallest absolute Gasteiger partial charge is 0.0107 e. The Bertz CT molecular complexity index is 135. The van der Waals surface area contributed by atoms with Crippen LogP contribution in [0.25, 0.3) is 0 Å². The van der Waals surface area contributed by atoms with Crippen LogP contribution in [0.3, 0.4) is 0 Å². The summed E-state index contributed by atoms with van der Waals surface area (Å²) in [6.45, 7) is 10.8. The average Bonchev–Trinajstić information content (AvgIpc) is 2.28. The van der Waals surface area contributed by atoms with Crippen molar-refractivity contribution in [1.82, 2.24) is 10.2 Å². The summed E-state index contributed by atoms with van der Waals surface area (Å²) in [7, 11) is 0. The Morgan fingerprint density at radius 1 is 1.00 bits per heavy atom. The van der Waals surface area contributed by atoms with Gasteiger partial charge < -0.3 is 10.2 Å². The van der Waals surface area contributed by atoms with E-state index in [1.165, 1.54) is 64.8 Å². The predicted molar refractivity (Wildman–Crippen MR) is 67.2 cm³/mol. The normalized spacial score (nSPS) is 18.6. The Kier molecular flexibility index (Phi) is 7.03. The zero-order valence-electron chi connectivity index (χ0n) is 10.6. The highest BCUT2D eigenvalue weighted by Gasteiger charge is 2.12. The summed E-state index contributed by atoms with van der Waals surface area (Å²) in [5.74, 6) is 0.981. The van der Waals surface area contributed by atoms with Gasteiger partial charge in [0.15, 0.2) is 0 Å². The monoisotopic (exact) mass is 212 g/mol. The molecule has 90 valence electrons. The van der Waals surface area contributed by atoms with Crippen LogP contribution in [-0.4, -0.2) is 37.6 Å². The first-order chi connectivity index (χ1) is 7.36. The van der Waals surface area contributed by atoms with Gasteiger partial charge in [-0.3, -0.25) is 0 Å². The number of rotatable bonds is 7. The lowest BCUT2D eigenvalue weighted by atomic mass is 9.94. The van der Waals surface area contributed by atoms with E-state index in [0.717, 1.165) is 5.92 Å². The minimum atomic E-state index is 0.981. The lowest BCUT2D eigenvalue weighted by Crippen LogP contribution is -2.44. The molecule has 0 aromatic heterocycles. The van der Waals surface area contributed by atoms with E-state index >= 15 is 0 Å². The molecular weight excluding hydrogens is 184 g/mol. The van der Waals surface area contributed by atoms with Gasteiger partial charge in [0.1, 0.15) is 0 Å². The number of hydrogen-bond donors (Lipinski definition) is 1. The molecule has 1 fully saturated rings. The van der Waals surface area contributed by atoms with E-state index in [2.05, 4.69) is 24.1 Å². The van der Waals surface area contributed by atoms with Gasteiger partial charge >= 0.3 is 0 Å². The molecule has 1 aliphatic rings. The van der Waals surface area contributed by atoms with Crippen molar-refractivity contribution in [2.45, 2.75) is 46.0 Å². The molecule has 0 atom stereocenters. The minimum Gasteiger partial charge on any atom is -0.314 e. The molecule has 0 radical (unpaired) electrons. The highest BCUT2D eigenvalue weighted by molar-refractivity contribution is 4.69. The first-order valence-corrected chi connectivity index (χ1v) is 6.79. The molecule has 1 N–H and O–H groups in total. The van der Waals surface area contributed by atoms with Gasteiger partial charge in [0.05, 0.1) is 0 Å². The van der Waals surface area contributed by atoms with Crippen LogP contribution in [-0.2, 0) is 0 Å². The van der Waals surface area contributed by atoms with Crippen LogP contribution in [0.2, 0.25) is 0 Å². The fraction of sp³-hybridized carbons (Fsp3) is 1.00. The third kappa shape index (κ3) is 5.53. The van der Waals surface area contributed by atoms with E-state index in [4.69, 9.17) is 0 Å². The van der Waals surface area contributed by atoms with Crippen molar-refractivity contribution >= 4 is 0 Å². The van der Waals surface area contributed by atoms with Crippen LogP contribution in [0.5, 0.6) is 0 Å². The molecule has 1 aliphatic heterocycles. The predicted octanol–water partition coefficient (Wildman–Crippen LogP) is 2.50. The molecule has 2 heteroatoms. The summed E-state index contributed by atoms with van der Waals surface area (Å²) in [5.41, 5.74) is 0. The molecule has 1 rings (SSSR count). The van der Waals surface area contributed by atoms with Crippen LogP contribution in [0, 0.1) is 5.92 Å². The van der Waals surface area contributed by atoms with Gasteiger partial charge in [-0.1, -0.05) is 39.5 Å². The van der Waals surface area contributed by atoms with Gasteiger partial charge in [-0.2, -0.15) is 0 Å². The molecular formula is C13H28N2. The fourth-order valence-corrected chi connectivity index (χ4v) is 2.55. The van der Waals surface area contributed by atoms with Gasteiger partial charge in [0.25, 0.3) is 0 Å². The molecule has 0 aromatic carbocycles. The number of piperazine rings is 1. The van der Waals surface area contributed by atoms with Crippen molar-refractivity contribution in [2.75, 3.05) is 32.7 Å². The molecule has 15 heavy (non-hydrogen) atoms. The lowest BCUT2D eigenvalue weighted by molar-refractivity contribution is 0.218. The SMILES string of the molecule is CCCC(CCC)CCN1CCNCC1. The standard InChI is InChI=1S/C13H28N2/c1-3-5-13(6-4-2)7-10-15-11-8-14-9-12-15/h13-14H,3-12H2,1-2H3. The number of nitrogens with one attached hydrogen (secondary N) is 1. The molecule has 0 aromatic rings. The van der Waals surface area contributed by atoms with Crippen molar-refractivity contribution in [3.05, 3.63) is 0 Å². The van der Waals surface area contributed by atoms with Crippen molar-refractivity contribution in [1.29, 1.82) is 0 Å². The second kappa shape index (κ2) is 8.12. The van der Waals surface area contributed by atoms with E-state index in [-0.39, 0.29) is 0 Å². The van der Waals surface area contributed by atoms with Crippen molar-refractivity contribution < 1.29 is 0 Å². The largest absolute Gasteiger partial charge is 0.314 e. The second-order valence-electron chi connectivity index (χ2n) is 4.82. The third-order valence-corrected chi connectivity index (χ3v) is 3.46. The molecule has 0 aliphatic carbocycles. The maximum Gasteiger partial charge on any atom is 0.0107 e. The van der Waals surface area contributed by atoms with Crippen LogP contribution in [0.4, 0.5) is 0 Å². The Balaban J connectivity index is 2.13. The van der Waals surface area contributed by atoms with Gasteiger partial charge in [0.2, 0.25) is 0 Å². The summed E-state index contributed by atoms with van der Waals surface area (Å²) in [6.07, 6.45) is 6.99. The first kappa shape index (κ1) is 13.0. The first-order valence-electron chi connectivity index (χ1n) is 6.79. The summed E-state index contributed by atoms with van der Waals surface area (Å²) in [6, 6.07) is 0. The fourth-order valence-electron chi connectivity index (χ4n) is 2.55. The summed E-state index contributed by atoms with van der Waals surface area (Å²) < 4.78 is 0. The lowest BCUT2D eigenvalue weighted by Gasteiger charge is -2.28. The molecule has 0 spiro atoms. The minimum absolute atomic E-state index is 0.981. The van der Waals surface area contributed by atoms with Crippen LogP contribution < -0.4 is 5.32 Å². The second-order valence-corrected chi connectivity index (χ2v) is 4.82. The zero-order valence-corrected chi connectivity index (χ0v) is 10.6. The van der Waals surface area contributed by atoms with E-state index in [1.54, 1.807) is 0 Å². The van der Waals surface area contributed by atoms with E-state index in [1.807, 2.05) is 0 Å².